The van der Waals surface area contributed by atoms with E-state index >= 15 is 0 Å². The number of nitrogens with one attached hydrogen (secondary N) is 2. The number of nitrogens with zero attached hydrogens (tertiary/aromatic N) is 4. The summed E-state index contributed by atoms with van der Waals surface area (Å²) in [6.45, 7) is 5.05. The van der Waals surface area contributed by atoms with Crippen molar-refractivity contribution in [1.29, 1.82) is 0 Å². The van der Waals surface area contributed by atoms with Gasteiger partial charge in [-0.05, 0) is 5.92 Å². The van der Waals surface area contributed by atoms with Crippen LogP contribution in [0, 0.1) is 5.92 Å². The van der Waals surface area contributed by atoms with Gasteiger partial charge >= 0.3 is 0 Å². The van der Waals surface area contributed by atoms with Gasteiger partial charge in [-0.15, -0.1) is 0 Å². The molecule has 21 heavy (non-hydrogen) atoms. The normalized spacial score (nSPS) is 10.9. The van der Waals surface area contributed by atoms with E-state index in [1.165, 1.54) is 0 Å². The third kappa shape index (κ3) is 3.62. The molecule has 2 heterocycles. The maximum atomic E-state index is 11.9. The van der Waals surface area contributed by atoms with Crippen LogP contribution in [0.5, 0.6) is 0 Å². The molecule has 0 aliphatic carbocycles. The molecule has 0 fully saturated rings. The van der Waals surface area contributed by atoms with Crippen LogP contribution < -0.4 is 15.5 Å². The summed E-state index contributed by atoms with van der Waals surface area (Å²) in [5.41, 5.74) is 0.730. The van der Waals surface area contributed by atoms with Crippen LogP contribution in [0.15, 0.2) is 18.6 Å². The van der Waals surface area contributed by atoms with Crippen LogP contribution in [-0.2, 0) is 4.79 Å². The van der Waals surface area contributed by atoms with E-state index < -0.39 is 0 Å². The third-order valence-corrected chi connectivity index (χ3v) is 3.06. The number of hydrogen-bond donors (Lipinski definition) is 2. The maximum Gasteiger partial charge on any atom is 0.239 e. The van der Waals surface area contributed by atoms with Crippen LogP contribution in [0.1, 0.15) is 13.8 Å². The molecular weight excluding hydrogens is 268 g/mol. The van der Waals surface area contributed by atoms with E-state index in [-0.39, 0.29) is 12.5 Å². The zero-order valence-corrected chi connectivity index (χ0v) is 12.9. The highest BCUT2D eigenvalue weighted by Gasteiger charge is 2.14. The molecule has 2 rings (SSSR count). The fraction of sp³-hybridized carbons (Fsp3) is 0.500. The Kier molecular flexibility index (Phi) is 4.62. The first-order valence-electron chi connectivity index (χ1n) is 7.00. The Bertz CT molecular complexity index is 621. The Morgan fingerprint density at radius 2 is 2.24 bits per heavy atom. The molecule has 2 aromatic heterocycles. The van der Waals surface area contributed by atoms with Gasteiger partial charge in [0.05, 0.1) is 12.7 Å². The van der Waals surface area contributed by atoms with Crippen LogP contribution in [0.3, 0.4) is 0 Å². The SMILES string of the molecule is CNc1cn2ccnc2c(N(C)CC(=O)NCC(C)C)n1. The predicted octanol–water partition coefficient (Wildman–Crippen LogP) is 0.979. The van der Waals surface area contributed by atoms with Gasteiger partial charge in [-0.25, -0.2) is 9.97 Å². The number of carbonyl (C=O) groups is 1. The van der Waals surface area contributed by atoms with Gasteiger partial charge in [-0.3, -0.25) is 4.79 Å². The molecule has 0 aliphatic heterocycles. The second-order valence-electron chi connectivity index (χ2n) is 5.41. The number of anilines is 2. The first-order chi connectivity index (χ1) is 10.0. The standard InChI is InChI=1S/C14H22N6O/c1-10(2)7-17-12(21)9-19(4)14-13-16-5-6-20(13)8-11(15-3)18-14/h5-6,8,10,15H,7,9H2,1-4H3,(H,17,21). The number of carbonyl (C=O) groups excluding carboxylic acids is 1. The van der Waals surface area contributed by atoms with Gasteiger partial charge in [-0.2, -0.15) is 0 Å². The summed E-state index contributed by atoms with van der Waals surface area (Å²) in [4.78, 5) is 22.5. The Labute approximate surface area is 124 Å². The highest BCUT2D eigenvalue weighted by atomic mass is 16.2. The van der Waals surface area contributed by atoms with Crippen molar-refractivity contribution in [3.63, 3.8) is 0 Å². The number of fused-ring (bicyclic) bond motifs is 1. The monoisotopic (exact) mass is 290 g/mol. The van der Waals surface area contributed by atoms with Gasteiger partial charge < -0.3 is 19.9 Å². The largest absolute Gasteiger partial charge is 0.372 e. The molecule has 2 aromatic rings. The lowest BCUT2D eigenvalue weighted by molar-refractivity contribution is -0.119. The van der Waals surface area contributed by atoms with Crippen molar-refractivity contribution in [3.8, 4) is 0 Å². The number of imidazole rings is 1. The molecular formula is C14H22N6O. The van der Waals surface area contributed by atoms with Crippen LogP contribution in [0.25, 0.3) is 5.65 Å². The van der Waals surface area contributed by atoms with Gasteiger partial charge in [0.2, 0.25) is 5.91 Å². The van der Waals surface area contributed by atoms with Crippen LogP contribution in [-0.4, -0.2) is 47.5 Å². The van der Waals surface area contributed by atoms with Crippen molar-refractivity contribution in [1.82, 2.24) is 19.7 Å². The lowest BCUT2D eigenvalue weighted by atomic mass is 10.2. The van der Waals surface area contributed by atoms with Crippen molar-refractivity contribution in [2.45, 2.75) is 13.8 Å². The lowest BCUT2D eigenvalue weighted by Crippen LogP contribution is -2.37. The van der Waals surface area contributed by atoms with Crippen molar-refractivity contribution in [2.24, 2.45) is 5.92 Å². The molecule has 0 saturated heterocycles. The number of hydrogen-bond acceptors (Lipinski definition) is 5. The van der Waals surface area contributed by atoms with Gasteiger partial charge in [0.25, 0.3) is 0 Å². The quantitative estimate of drug-likeness (QED) is 0.829. The van der Waals surface area contributed by atoms with E-state index in [2.05, 4.69) is 34.4 Å². The lowest BCUT2D eigenvalue weighted by Gasteiger charge is -2.19. The Morgan fingerprint density at radius 3 is 2.90 bits per heavy atom. The van der Waals surface area contributed by atoms with Crippen LogP contribution >= 0.6 is 0 Å². The third-order valence-electron chi connectivity index (χ3n) is 3.06. The molecule has 0 bridgehead atoms. The van der Waals surface area contributed by atoms with E-state index in [1.807, 2.05) is 30.9 Å². The minimum absolute atomic E-state index is 0.0208. The summed E-state index contributed by atoms with van der Waals surface area (Å²) in [5, 5.41) is 5.91. The van der Waals surface area contributed by atoms with E-state index in [0.717, 1.165) is 11.5 Å². The summed E-state index contributed by atoms with van der Waals surface area (Å²) in [6.07, 6.45) is 5.43. The van der Waals surface area contributed by atoms with Crippen LogP contribution in [0.2, 0.25) is 0 Å². The second-order valence-corrected chi connectivity index (χ2v) is 5.41. The van der Waals surface area contributed by atoms with Crippen molar-refractivity contribution < 1.29 is 4.79 Å². The predicted molar refractivity (Wildman–Crippen MR) is 83.7 cm³/mol. The summed E-state index contributed by atoms with van der Waals surface area (Å²) in [7, 11) is 3.65. The Balaban J connectivity index is 2.16. The summed E-state index contributed by atoms with van der Waals surface area (Å²) in [6, 6.07) is 0. The Hall–Kier alpha value is -2.31. The maximum absolute atomic E-state index is 11.9. The Morgan fingerprint density at radius 1 is 1.48 bits per heavy atom. The molecule has 0 aromatic carbocycles. The first-order valence-corrected chi connectivity index (χ1v) is 7.00. The number of likely N-dealkylation sites (N-methyl/N-ethyl adjacent to an activating group) is 1. The molecule has 7 nitrogen and oxygen atoms in total. The van der Waals surface area contributed by atoms with Crippen molar-refractivity contribution in [2.75, 3.05) is 37.4 Å². The summed E-state index contributed by atoms with van der Waals surface area (Å²) < 4.78 is 1.89. The van der Waals surface area contributed by atoms with Gasteiger partial charge in [0.15, 0.2) is 11.5 Å². The zero-order chi connectivity index (χ0) is 15.4. The minimum atomic E-state index is -0.0208. The minimum Gasteiger partial charge on any atom is -0.372 e. The highest BCUT2D eigenvalue weighted by Crippen LogP contribution is 2.19. The molecule has 0 unspecified atom stereocenters. The number of rotatable bonds is 6. The molecule has 2 N–H and O–H groups in total. The molecule has 114 valence electrons. The van der Waals surface area contributed by atoms with E-state index in [0.29, 0.717) is 18.3 Å². The molecule has 0 radical (unpaired) electrons. The smallest absolute Gasteiger partial charge is 0.239 e. The van der Waals surface area contributed by atoms with E-state index in [9.17, 15) is 4.79 Å². The van der Waals surface area contributed by atoms with E-state index in [4.69, 9.17) is 0 Å². The zero-order valence-electron chi connectivity index (χ0n) is 12.9. The van der Waals surface area contributed by atoms with Crippen molar-refractivity contribution >= 4 is 23.2 Å². The first kappa shape index (κ1) is 15.1. The van der Waals surface area contributed by atoms with Crippen LogP contribution in [0.4, 0.5) is 11.6 Å². The van der Waals surface area contributed by atoms with E-state index in [1.54, 1.807) is 11.1 Å². The molecule has 7 heteroatoms. The molecule has 1 amide bonds. The molecule has 0 aliphatic rings. The molecule has 0 saturated carbocycles. The van der Waals surface area contributed by atoms with Crippen molar-refractivity contribution in [3.05, 3.63) is 18.6 Å². The topological polar surface area (TPSA) is 74.6 Å². The second kappa shape index (κ2) is 6.43. The number of amides is 1. The molecule has 0 spiro atoms. The highest BCUT2D eigenvalue weighted by molar-refractivity contribution is 5.82. The molecule has 0 atom stereocenters. The summed E-state index contributed by atoms with van der Waals surface area (Å²) in [5.74, 6) is 1.81. The van der Waals surface area contributed by atoms with Gasteiger partial charge in [0, 0.05) is 33.0 Å². The van der Waals surface area contributed by atoms with Gasteiger partial charge in [0.1, 0.15) is 5.82 Å². The average molecular weight is 290 g/mol. The number of aromatic nitrogens is 3. The van der Waals surface area contributed by atoms with Gasteiger partial charge in [-0.1, -0.05) is 13.8 Å². The summed E-state index contributed by atoms with van der Waals surface area (Å²) >= 11 is 0. The fourth-order valence-electron chi connectivity index (χ4n) is 1.96. The fourth-order valence-corrected chi connectivity index (χ4v) is 1.96. The average Bonchev–Trinajstić information content (AvgIpc) is 2.91.